The summed E-state index contributed by atoms with van der Waals surface area (Å²) in [5, 5.41) is 9.04. The minimum atomic E-state index is -0.205. The van der Waals surface area contributed by atoms with E-state index in [1.807, 2.05) is 45.0 Å². The minimum Gasteiger partial charge on any atom is -0.351 e. The molecule has 22 heavy (non-hydrogen) atoms. The van der Waals surface area contributed by atoms with Gasteiger partial charge >= 0.3 is 0 Å². The zero-order chi connectivity index (χ0) is 16.1. The Balaban J connectivity index is 1.71. The monoisotopic (exact) mass is 321 g/mol. The van der Waals surface area contributed by atoms with Crippen LogP contribution in [0.1, 0.15) is 25.0 Å². The summed E-state index contributed by atoms with van der Waals surface area (Å²) in [6.07, 6.45) is 0. The summed E-state index contributed by atoms with van der Waals surface area (Å²) in [5.74, 6) is 0.259. The fourth-order valence-electron chi connectivity index (χ4n) is 2.12. The van der Waals surface area contributed by atoms with Crippen molar-refractivity contribution in [1.82, 2.24) is 16.0 Å². The molecule has 1 heterocycles. The van der Waals surface area contributed by atoms with Gasteiger partial charge in [0.15, 0.2) is 0 Å². The van der Waals surface area contributed by atoms with Crippen molar-refractivity contribution >= 4 is 23.6 Å². The Labute approximate surface area is 135 Å². The highest BCUT2D eigenvalue weighted by Gasteiger charge is 2.30. The van der Waals surface area contributed by atoms with Crippen LogP contribution in [-0.4, -0.2) is 29.1 Å². The summed E-state index contributed by atoms with van der Waals surface area (Å²) in [7, 11) is 0. The normalized spacial score (nSPS) is 24.7. The maximum Gasteiger partial charge on any atom is 0.230 e. The molecular formula is C16H23N3O2S. The van der Waals surface area contributed by atoms with Crippen LogP contribution in [0.3, 0.4) is 0 Å². The van der Waals surface area contributed by atoms with Crippen molar-refractivity contribution in [3.8, 4) is 0 Å². The van der Waals surface area contributed by atoms with Crippen LogP contribution in [0.2, 0.25) is 0 Å². The molecule has 1 aromatic carbocycles. The summed E-state index contributed by atoms with van der Waals surface area (Å²) in [6.45, 7) is 6.43. The second kappa shape index (κ2) is 7.65. The summed E-state index contributed by atoms with van der Waals surface area (Å²) in [5.41, 5.74) is 2.08. The van der Waals surface area contributed by atoms with Crippen LogP contribution in [0, 0.1) is 12.8 Å². The molecule has 120 valence electrons. The Morgan fingerprint density at radius 1 is 1.27 bits per heavy atom. The second-order valence-electron chi connectivity index (χ2n) is 5.71. The van der Waals surface area contributed by atoms with Gasteiger partial charge in [-0.15, -0.1) is 11.8 Å². The molecule has 5 nitrogen and oxygen atoms in total. The lowest BCUT2D eigenvalue weighted by atomic mass is 10.0. The SMILES string of the molecule is Cc1ccc(CNC(=O)CSC2NC(=O)C(C)C(C)N2)cc1. The number of hydrogen-bond donors (Lipinski definition) is 3. The molecule has 0 saturated carbocycles. The van der Waals surface area contributed by atoms with E-state index in [9.17, 15) is 9.59 Å². The number of carbonyl (C=O) groups is 2. The fourth-order valence-corrected chi connectivity index (χ4v) is 3.05. The van der Waals surface area contributed by atoms with Crippen molar-refractivity contribution in [3.05, 3.63) is 35.4 Å². The smallest absolute Gasteiger partial charge is 0.230 e. The van der Waals surface area contributed by atoms with Crippen LogP contribution >= 0.6 is 11.8 Å². The van der Waals surface area contributed by atoms with Gasteiger partial charge in [0, 0.05) is 12.6 Å². The molecule has 2 rings (SSSR count). The van der Waals surface area contributed by atoms with Gasteiger partial charge in [0.05, 0.1) is 11.7 Å². The zero-order valence-corrected chi connectivity index (χ0v) is 14.0. The van der Waals surface area contributed by atoms with Gasteiger partial charge in [-0.2, -0.15) is 0 Å². The summed E-state index contributed by atoms with van der Waals surface area (Å²) in [6, 6.07) is 8.19. The summed E-state index contributed by atoms with van der Waals surface area (Å²) in [4.78, 5) is 23.6. The molecule has 1 aliphatic rings. The number of carbonyl (C=O) groups excluding carboxylic acids is 2. The van der Waals surface area contributed by atoms with E-state index in [0.29, 0.717) is 12.3 Å². The van der Waals surface area contributed by atoms with E-state index in [1.54, 1.807) is 0 Å². The van der Waals surface area contributed by atoms with Crippen molar-refractivity contribution in [1.29, 1.82) is 0 Å². The van der Waals surface area contributed by atoms with Gasteiger partial charge < -0.3 is 10.6 Å². The molecule has 6 heteroatoms. The van der Waals surface area contributed by atoms with Gasteiger partial charge in [0.25, 0.3) is 0 Å². The van der Waals surface area contributed by atoms with Crippen molar-refractivity contribution in [2.45, 2.75) is 38.9 Å². The molecular weight excluding hydrogens is 298 g/mol. The maximum absolute atomic E-state index is 11.9. The Morgan fingerprint density at radius 3 is 2.59 bits per heavy atom. The number of aryl methyl sites for hydroxylation is 1. The first-order chi connectivity index (χ1) is 10.5. The first kappa shape index (κ1) is 16.8. The molecule has 3 unspecified atom stereocenters. The number of thioether (sulfide) groups is 1. The van der Waals surface area contributed by atoms with Crippen molar-refractivity contribution < 1.29 is 9.59 Å². The van der Waals surface area contributed by atoms with Crippen LogP contribution in [0.15, 0.2) is 24.3 Å². The molecule has 0 aliphatic carbocycles. The lowest BCUT2D eigenvalue weighted by Crippen LogP contribution is -2.58. The summed E-state index contributed by atoms with van der Waals surface area (Å²) >= 11 is 1.40. The number of amides is 2. The van der Waals surface area contributed by atoms with Crippen LogP contribution < -0.4 is 16.0 Å². The fraction of sp³-hybridized carbons (Fsp3) is 0.500. The highest BCUT2D eigenvalue weighted by Crippen LogP contribution is 2.15. The third kappa shape index (κ3) is 4.74. The Bertz CT molecular complexity index is 533. The topological polar surface area (TPSA) is 70.2 Å². The molecule has 1 saturated heterocycles. The number of hydrogen-bond acceptors (Lipinski definition) is 4. The van der Waals surface area contributed by atoms with E-state index in [0.717, 1.165) is 5.56 Å². The van der Waals surface area contributed by atoms with Gasteiger partial charge in [-0.1, -0.05) is 36.8 Å². The van der Waals surface area contributed by atoms with Crippen molar-refractivity contribution in [2.24, 2.45) is 5.92 Å². The molecule has 0 spiro atoms. The average molecular weight is 321 g/mol. The molecule has 0 aromatic heterocycles. The predicted molar refractivity (Wildman–Crippen MR) is 89.2 cm³/mol. The lowest BCUT2D eigenvalue weighted by molar-refractivity contribution is -0.127. The lowest BCUT2D eigenvalue weighted by Gasteiger charge is -2.33. The standard InChI is InChI=1S/C16H23N3O2S/c1-10-4-6-13(7-5-10)8-17-14(20)9-22-16-18-12(3)11(2)15(21)19-16/h4-7,11-12,16,18H,8-9H2,1-3H3,(H,17,20)(H,19,21). The highest BCUT2D eigenvalue weighted by atomic mass is 32.2. The summed E-state index contributed by atoms with van der Waals surface area (Å²) < 4.78 is 0. The van der Waals surface area contributed by atoms with Crippen LogP contribution in [0.5, 0.6) is 0 Å². The van der Waals surface area contributed by atoms with Crippen LogP contribution in [0.4, 0.5) is 0 Å². The number of benzene rings is 1. The molecule has 2 amide bonds. The Morgan fingerprint density at radius 2 is 1.95 bits per heavy atom. The van der Waals surface area contributed by atoms with Gasteiger partial charge in [-0.25, -0.2) is 0 Å². The van der Waals surface area contributed by atoms with E-state index in [1.165, 1.54) is 17.3 Å². The predicted octanol–water partition coefficient (Wildman–Crippen LogP) is 1.37. The molecule has 3 N–H and O–H groups in total. The zero-order valence-electron chi connectivity index (χ0n) is 13.2. The van der Waals surface area contributed by atoms with Gasteiger partial charge in [-0.3, -0.25) is 14.9 Å². The van der Waals surface area contributed by atoms with Crippen LogP contribution in [0.25, 0.3) is 0 Å². The van der Waals surface area contributed by atoms with E-state index in [4.69, 9.17) is 0 Å². The molecule has 0 radical (unpaired) electrons. The molecule has 1 fully saturated rings. The first-order valence-electron chi connectivity index (χ1n) is 7.46. The van der Waals surface area contributed by atoms with Crippen LogP contribution in [-0.2, 0) is 16.1 Å². The Kier molecular flexibility index (Phi) is 5.85. The van der Waals surface area contributed by atoms with E-state index < -0.39 is 0 Å². The van der Waals surface area contributed by atoms with Crippen molar-refractivity contribution in [2.75, 3.05) is 5.75 Å². The van der Waals surface area contributed by atoms with E-state index >= 15 is 0 Å². The van der Waals surface area contributed by atoms with Gasteiger partial charge in [-0.05, 0) is 19.4 Å². The average Bonchev–Trinajstić information content (AvgIpc) is 2.50. The first-order valence-corrected chi connectivity index (χ1v) is 8.51. The van der Waals surface area contributed by atoms with Gasteiger partial charge in [0.2, 0.25) is 11.8 Å². The van der Waals surface area contributed by atoms with E-state index in [2.05, 4.69) is 16.0 Å². The Hall–Kier alpha value is -1.53. The molecule has 3 atom stereocenters. The number of nitrogens with one attached hydrogen (secondary N) is 3. The highest BCUT2D eigenvalue weighted by molar-refractivity contribution is 8.00. The third-order valence-corrected chi connectivity index (χ3v) is 4.86. The molecule has 1 aromatic rings. The quantitative estimate of drug-likeness (QED) is 0.766. The second-order valence-corrected chi connectivity index (χ2v) is 6.80. The van der Waals surface area contributed by atoms with Crippen molar-refractivity contribution in [3.63, 3.8) is 0 Å². The van der Waals surface area contributed by atoms with E-state index in [-0.39, 0.29) is 29.3 Å². The third-order valence-electron chi connectivity index (χ3n) is 3.84. The van der Waals surface area contributed by atoms with Gasteiger partial charge in [0.1, 0.15) is 5.50 Å². The molecule has 1 aliphatic heterocycles. The largest absolute Gasteiger partial charge is 0.351 e. The molecule has 0 bridgehead atoms. The maximum atomic E-state index is 11.9. The minimum absolute atomic E-state index is 0.0313. The number of rotatable bonds is 5.